The third kappa shape index (κ3) is 2.69. The molecule has 0 unspecified atom stereocenters. The molecular weight excluding hydrogens is 284 g/mol. The van der Waals surface area contributed by atoms with Crippen molar-refractivity contribution in [2.75, 3.05) is 16.8 Å². The summed E-state index contributed by atoms with van der Waals surface area (Å²) in [5.41, 5.74) is 2.79. The molecule has 0 saturated carbocycles. The highest BCUT2D eigenvalue weighted by molar-refractivity contribution is 7.12. The van der Waals surface area contributed by atoms with E-state index < -0.39 is 0 Å². The fraction of sp³-hybridized carbons (Fsp3) is 0.250. The zero-order valence-corrected chi connectivity index (χ0v) is 12.6. The van der Waals surface area contributed by atoms with Crippen molar-refractivity contribution in [3.05, 3.63) is 46.2 Å². The predicted molar refractivity (Wildman–Crippen MR) is 85.1 cm³/mol. The molecule has 0 atom stereocenters. The van der Waals surface area contributed by atoms with E-state index in [4.69, 9.17) is 0 Å². The van der Waals surface area contributed by atoms with Gasteiger partial charge in [-0.3, -0.25) is 9.59 Å². The average molecular weight is 300 g/mol. The lowest BCUT2D eigenvalue weighted by Crippen LogP contribution is -2.28. The van der Waals surface area contributed by atoms with E-state index in [-0.39, 0.29) is 11.8 Å². The van der Waals surface area contributed by atoms with E-state index in [1.807, 2.05) is 42.6 Å². The number of carbonyl (C=O) groups excluding carboxylic acids is 2. The molecule has 2 amide bonds. The summed E-state index contributed by atoms with van der Waals surface area (Å²) in [7, 11) is 0. The number of amides is 2. The summed E-state index contributed by atoms with van der Waals surface area (Å²) in [5.74, 6) is 0.00629. The van der Waals surface area contributed by atoms with Gasteiger partial charge in [0.15, 0.2) is 0 Å². The predicted octanol–water partition coefficient (Wildman–Crippen LogP) is 3.30. The summed E-state index contributed by atoms with van der Waals surface area (Å²) in [6, 6.07) is 9.50. The lowest BCUT2D eigenvalue weighted by Gasteiger charge is -2.17. The van der Waals surface area contributed by atoms with Crippen LogP contribution in [0.1, 0.15) is 28.6 Å². The first kappa shape index (κ1) is 13.8. The van der Waals surface area contributed by atoms with Crippen molar-refractivity contribution < 1.29 is 9.59 Å². The molecule has 0 aliphatic carbocycles. The van der Waals surface area contributed by atoms with Crippen LogP contribution in [0.25, 0.3) is 0 Å². The van der Waals surface area contributed by atoms with Crippen LogP contribution in [0.4, 0.5) is 11.4 Å². The maximum Gasteiger partial charge on any atom is 0.268 e. The van der Waals surface area contributed by atoms with Crippen LogP contribution < -0.4 is 10.2 Å². The summed E-state index contributed by atoms with van der Waals surface area (Å²) >= 11 is 1.45. The van der Waals surface area contributed by atoms with Crippen LogP contribution in [-0.2, 0) is 11.2 Å². The van der Waals surface area contributed by atoms with Crippen molar-refractivity contribution in [1.29, 1.82) is 0 Å². The highest BCUT2D eigenvalue weighted by Crippen LogP contribution is 2.32. The van der Waals surface area contributed by atoms with Crippen molar-refractivity contribution in [3.63, 3.8) is 0 Å². The van der Waals surface area contributed by atoms with Crippen LogP contribution >= 0.6 is 11.3 Å². The maximum absolute atomic E-state index is 12.5. The van der Waals surface area contributed by atoms with Gasteiger partial charge in [0.25, 0.3) is 5.91 Å². The molecule has 3 rings (SSSR count). The fourth-order valence-corrected chi connectivity index (χ4v) is 3.12. The SMILES string of the molecule is CCC(=O)Nc1ccc2c(c1)N(C(=O)c1cccs1)CC2. The molecule has 0 spiro atoms. The van der Waals surface area contributed by atoms with Gasteiger partial charge in [0.1, 0.15) is 0 Å². The smallest absolute Gasteiger partial charge is 0.268 e. The number of fused-ring (bicyclic) bond motifs is 1. The number of anilines is 2. The fourth-order valence-electron chi connectivity index (χ4n) is 2.45. The topological polar surface area (TPSA) is 49.4 Å². The van der Waals surface area contributed by atoms with Crippen LogP contribution in [0, 0.1) is 0 Å². The molecule has 0 bridgehead atoms. The first-order chi connectivity index (χ1) is 10.2. The van der Waals surface area contributed by atoms with Gasteiger partial charge in [0, 0.05) is 24.3 Å². The molecular formula is C16H16N2O2S. The maximum atomic E-state index is 12.5. The molecule has 21 heavy (non-hydrogen) atoms. The van der Waals surface area contributed by atoms with Gasteiger partial charge >= 0.3 is 0 Å². The third-order valence-electron chi connectivity index (χ3n) is 3.56. The third-order valence-corrected chi connectivity index (χ3v) is 4.42. The molecule has 2 heterocycles. The Hall–Kier alpha value is -2.14. The zero-order chi connectivity index (χ0) is 14.8. The van der Waals surface area contributed by atoms with Crippen LogP contribution in [0.5, 0.6) is 0 Å². The van der Waals surface area contributed by atoms with Gasteiger partial charge in [0.2, 0.25) is 5.91 Å². The van der Waals surface area contributed by atoms with Gasteiger partial charge in [-0.15, -0.1) is 11.3 Å². The molecule has 1 aliphatic heterocycles. The van der Waals surface area contributed by atoms with E-state index in [1.165, 1.54) is 11.3 Å². The van der Waals surface area contributed by atoms with E-state index in [0.29, 0.717) is 13.0 Å². The Kier molecular flexibility index (Phi) is 3.75. The Morgan fingerprint density at radius 2 is 2.19 bits per heavy atom. The Bertz CT molecular complexity index is 680. The summed E-state index contributed by atoms with van der Waals surface area (Å²) in [5, 5.41) is 4.75. The molecule has 0 radical (unpaired) electrons. The molecule has 1 aromatic heterocycles. The number of thiophene rings is 1. The minimum absolute atomic E-state index is 0.0240. The van der Waals surface area contributed by atoms with E-state index in [0.717, 1.165) is 28.2 Å². The molecule has 2 aromatic rings. The molecule has 1 aliphatic rings. The Labute approximate surface area is 127 Å². The molecule has 4 nitrogen and oxygen atoms in total. The van der Waals surface area contributed by atoms with E-state index in [2.05, 4.69) is 5.32 Å². The first-order valence-corrected chi connectivity index (χ1v) is 7.85. The molecule has 0 saturated heterocycles. The lowest BCUT2D eigenvalue weighted by atomic mass is 10.1. The highest BCUT2D eigenvalue weighted by Gasteiger charge is 2.26. The molecule has 108 valence electrons. The quantitative estimate of drug-likeness (QED) is 0.945. The number of nitrogens with zero attached hydrogens (tertiary/aromatic N) is 1. The number of hydrogen-bond donors (Lipinski definition) is 1. The van der Waals surface area contributed by atoms with Crippen LogP contribution in [0.3, 0.4) is 0 Å². The van der Waals surface area contributed by atoms with Crippen molar-refractivity contribution in [2.24, 2.45) is 0 Å². The second-order valence-electron chi connectivity index (χ2n) is 4.93. The molecule has 5 heteroatoms. The van der Waals surface area contributed by atoms with Gasteiger partial charge in [0.05, 0.1) is 4.88 Å². The normalized spacial score (nSPS) is 13.1. The number of carbonyl (C=O) groups is 2. The second kappa shape index (κ2) is 5.69. The number of rotatable bonds is 3. The average Bonchev–Trinajstić information content (AvgIpc) is 3.15. The first-order valence-electron chi connectivity index (χ1n) is 6.97. The standard InChI is InChI=1S/C16H16N2O2S/c1-2-15(19)17-12-6-5-11-7-8-18(13(11)10-12)16(20)14-4-3-9-21-14/h3-6,9-10H,2,7-8H2,1H3,(H,17,19). The Balaban J connectivity index is 1.88. The van der Waals surface area contributed by atoms with Gasteiger partial charge in [-0.25, -0.2) is 0 Å². The highest BCUT2D eigenvalue weighted by atomic mass is 32.1. The zero-order valence-electron chi connectivity index (χ0n) is 11.8. The van der Waals surface area contributed by atoms with E-state index in [9.17, 15) is 9.59 Å². The Morgan fingerprint density at radius 3 is 2.90 bits per heavy atom. The number of benzene rings is 1. The summed E-state index contributed by atoms with van der Waals surface area (Å²) in [6.45, 7) is 2.51. The monoisotopic (exact) mass is 300 g/mol. The minimum Gasteiger partial charge on any atom is -0.326 e. The van der Waals surface area contributed by atoms with Crippen molar-refractivity contribution >= 4 is 34.5 Å². The van der Waals surface area contributed by atoms with Crippen molar-refractivity contribution in [2.45, 2.75) is 19.8 Å². The van der Waals surface area contributed by atoms with E-state index >= 15 is 0 Å². The second-order valence-corrected chi connectivity index (χ2v) is 5.88. The largest absolute Gasteiger partial charge is 0.326 e. The summed E-state index contributed by atoms with van der Waals surface area (Å²) < 4.78 is 0. The van der Waals surface area contributed by atoms with Gasteiger partial charge in [-0.05, 0) is 35.6 Å². The number of hydrogen-bond acceptors (Lipinski definition) is 3. The Morgan fingerprint density at radius 1 is 1.33 bits per heavy atom. The summed E-state index contributed by atoms with van der Waals surface area (Å²) in [4.78, 5) is 26.5. The van der Waals surface area contributed by atoms with Gasteiger partial charge in [-0.1, -0.05) is 19.1 Å². The molecule has 0 fully saturated rings. The van der Waals surface area contributed by atoms with Crippen molar-refractivity contribution in [1.82, 2.24) is 0 Å². The van der Waals surface area contributed by atoms with Gasteiger partial charge < -0.3 is 10.2 Å². The van der Waals surface area contributed by atoms with Crippen LogP contribution in [0.2, 0.25) is 0 Å². The molecule has 1 N–H and O–H groups in total. The minimum atomic E-state index is -0.0240. The van der Waals surface area contributed by atoms with Crippen LogP contribution in [0.15, 0.2) is 35.7 Å². The number of nitrogens with one attached hydrogen (secondary N) is 1. The molecule has 1 aromatic carbocycles. The summed E-state index contributed by atoms with van der Waals surface area (Å²) in [6.07, 6.45) is 1.30. The van der Waals surface area contributed by atoms with Gasteiger partial charge in [-0.2, -0.15) is 0 Å². The van der Waals surface area contributed by atoms with Crippen molar-refractivity contribution in [3.8, 4) is 0 Å². The lowest BCUT2D eigenvalue weighted by molar-refractivity contribution is -0.115. The van der Waals surface area contributed by atoms with Crippen LogP contribution in [-0.4, -0.2) is 18.4 Å². The van der Waals surface area contributed by atoms with E-state index in [1.54, 1.807) is 4.90 Å².